The molecule has 0 aliphatic carbocycles. The van der Waals surface area contributed by atoms with Gasteiger partial charge in [-0.05, 0) is 31.9 Å². The molecule has 3 nitrogen and oxygen atoms in total. The van der Waals surface area contributed by atoms with Crippen LogP contribution < -0.4 is 5.32 Å². The highest BCUT2D eigenvalue weighted by Gasteiger charge is 2.37. The number of hydrogen-bond donors (Lipinski definition) is 1. The zero-order chi connectivity index (χ0) is 13.1. The topological polar surface area (TPSA) is 24.5 Å². The molecule has 2 atom stereocenters. The molecule has 2 heterocycles. The minimum atomic E-state index is 0.235. The number of benzene rings is 1. The van der Waals surface area contributed by atoms with Gasteiger partial charge in [-0.15, -0.1) is 0 Å². The summed E-state index contributed by atoms with van der Waals surface area (Å²) in [6.45, 7) is 7.52. The zero-order valence-electron chi connectivity index (χ0n) is 11.8. The van der Waals surface area contributed by atoms with E-state index in [0.717, 1.165) is 32.7 Å². The number of ether oxygens (including phenoxy) is 1. The van der Waals surface area contributed by atoms with Crippen LogP contribution in [0.4, 0.5) is 0 Å². The standard InChI is InChI=1S/C16H24N2O/c1-16(8-11-19-13-16)18-10-5-9-17-15(12-18)14-6-3-2-4-7-14/h2-4,6-7,15,17H,5,8-13H2,1H3. The first kappa shape index (κ1) is 13.1. The Hall–Kier alpha value is -0.900. The van der Waals surface area contributed by atoms with Gasteiger partial charge in [0.15, 0.2) is 0 Å². The van der Waals surface area contributed by atoms with Crippen LogP contribution >= 0.6 is 0 Å². The SMILES string of the molecule is CC1(N2CCCNC(c3ccccc3)C2)CCOC1. The van der Waals surface area contributed by atoms with Crippen molar-refractivity contribution < 1.29 is 4.74 Å². The average molecular weight is 260 g/mol. The van der Waals surface area contributed by atoms with Crippen molar-refractivity contribution in [2.75, 3.05) is 32.8 Å². The van der Waals surface area contributed by atoms with Crippen molar-refractivity contribution in [1.82, 2.24) is 10.2 Å². The van der Waals surface area contributed by atoms with Crippen LogP contribution in [-0.4, -0.2) is 43.3 Å². The van der Waals surface area contributed by atoms with E-state index < -0.39 is 0 Å². The van der Waals surface area contributed by atoms with E-state index in [1.54, 1.807) is 0 Å². The molecule has 0 bridgehead atoms. The Labute approximate surface area is 115 Å². The van der Waals surface area contributed by atoms with Crippen LogP contribution in [0.15, 0.2) is 30.3 Å². The van der Waals surface area contributed by atoms with Gasteiger partial charge in [-0.2, -0.15) is 0 Å². The summed E-state index contributed by atoms with van der Waals surface area (Å²) in [5.41, 5.74) is 1.64. The molecular weight excluding hydrogens is 236 g/mol. The maximum Gasteiger partial charge on any atom is 0.0648 e. The second-order valence-electron chi connectivity index (χ2n) is 6.02. The lowest BCUT2D eigenvalue weighted by molar-refractivity contribution is 0.0778. The molecule has 0 saturated carbocycles. The molecule has 2 fully saturated rings. The quantitative estimate of drug-likeness (QED) is 0.882. The summed E-state index contributed by atoms with van der Waals surface area (Å²) in [6.07, 6.45) is 2.38. The molecule has 0 aromatic heterocycles. The smallest absolute Gasteiger partial charge is 0.0648 e. The molecule has 1 aromatic carbocycles. The van der Waals surface area contributed by atoms with Crippen molar-refractivity contribution in [3.8, 4) is 0 Å². The molecule has 19 heavy (non-hydrogen) atoms. The van der Waals surface area contributed by atoms with Crippen LogP contribution in [0, 0.1) is 0 Å². The molecule has 2 saturated heterocycles. The Balaban J connectivity index is 1.76. The fraction of sp³-hybridized carbons (Fsp3) is 0.625. The second-order valence-corrected chi connectivity index (χ2v) is 6.02. The Morgan fingerprint density at radius 3 is 2.89 bits per heavy atom. The highest BCUT2D eigenvalue weighted by Crippen LogP contribution is 2.29. The van der Waals surface area contributed by atoms with Crippen molar-refractivity contribution in [1.29, 1.82) is 0 Å². The summed E-state index contributed by atoms with van der Waals surface area (Å²) in [4.78, 5) is 2.64. The van der Waals surface area contributed by atoms with Gasteiger partial charge in [0, 0.05) is 31.3 Å². The monoisotopic (exact) mass is 260 g/mol. The molecule has 2 aliphatic rings. The largest absolute Gasteiger partial charge is 0.379 e. The maximum atomic E-state index is 5.63. The van der Waals surface area contributed by atoms with E-state index in [-0.39, 0.29) is 5.54 Å². The first-order chi connectivity index (χ1) is 9.28. The Morgan fingerprint density at radius 2 is 2.16 bits per heavy atom. The molecule has 3 heteroatoms. The molecule has 2 unspecified atom stereocenters. The van der Waals surface area contributed by atoms with Gasteiger partial charge in [0.05, 0.1) is 6.61 Å². The van der Waals surface area contributed by atoms with E-state index in [4.69, 9.17) is 4.74 Å². The van der Waals surface area contributed by atoms with E-state index in [0.29, 0.717) is 6.04 Å². The highest BCUT2D eigenvalue weighted by atomic mass is 16.5. The molecule has 3 rings (SSSR count). The van der Waals surface area contributed by atoms with Crippen molar-refractivity contribution in [3.05, 3.63) is 35.9 Å². The molecule has 0 radical (unpaired) electrons. The average Bonchev–Trinajstić information content (AvgIpc) is 2.75. The lowest BCUT2D eigenvalue weighted by atomic mass is 9.97. The summed E-state index contributed by atoms with van der Waals surface area (Å²) in [5.74, 6) is 0. The fourth-order valence-corrected chi connectivity index (χ4v) is 3.23. The Morgan fingerprint density at radius 1 is 1.32 bits per heavy atom. The van der Waals surface area contributed by atoms with Gasteiger partial charge in [-0.1, -0.05) is 30.3 Å². The third-order valence-electron chi connectivity index (χ3n) is 4.56. The minimum absolute atomic E-state index is 0.235. The molecule has 1 aromatic rings. The van der Waals surface area contributed by atoms with Crippen molar-refractivity contribution in [2.24, 2.45) is 0 Å². The van der Waals surface area contributed by atoms with Crippen LogP contribution in [0.3, 0.4) is 0 Å². The predicted molar refractivity (Wildman–Crippen MR) is 77.2 cm³/mol. The van der Waals surface area contributed by atoms with Gasteiger partial charge >= 0.3 is 0 Å². The van der Waals surface area contributed by atoms with E-state index >= 15 is 0 Å². The van der Waals surface area contributed by atoms with E-state index in [2.05, 4.69) is 47.5 Å². The van der Waals surface area contributed by atoms with Gasteiger partial charge in [0.25, 0.3) is 0 Å². The van der Waals surface area contributed by atoms with Crippen LogP contribution in [0.1, 0.15) is 31.4 Å². The van der Waals surface area contributed by atoms with Crippen LogP contribution in [0.5, 0.6) is 0 Å². The summed E-state index contributed by atoms with van der Waals surface area (Å²) in [5, 5.41) is 3.69. The number of nitrogens with zero attached hydrogens (tertiary/aromatic N) is 1. The van der Waals surface area contributed by atoms with Gasteiger partial charge < -0.3 is 10.1 Å². The predicted octanol–water partition coefficient (Wildman–Crippen LogP) is 2.20. The zero-order valence-corrected chi connectivity index (χ0v) is 11.8. The number of nitrogens with one attached hydrogen (secondary N) is 1. The van der Waals surface area contributed by atoms with Crippen molar-refractivity contribution >= 4 is 0 Å². The normalized spacial score (nSPS) is 33.2. The molecule has 0 amide bonds. The highest BCUT2D eigenvalue weighted by molar-refractivity contribution is 5.19. The summed E-state index contributed by atoms with van der Waals surface area (Å²) in [7, 11) is 0. The van der Waals surface area contributed by atoms with Crippen LogP contribution in [0.2, 0.25) is 0 Å². The number of rotatable bonds is 2. The fourth-order valence-electron chi connectivity index (χ4n) is 3.23. The van der Waals surface area contributed by atoms with Gasteiger partial charge in [0.1, 0.15) is 0 Å². The summed E-state index contributed by atoms with van der Waals surface area (Å²) in [6, 6.07) is 11.3. The molecule has 1 N–H and O–H groups in total. The Kier molecular flexibility index (Phi) is 3.87. The first-order valence-corrected chi connectivity index (χ1v) is 7.39. The lowest BCUT2D eigenvalue weighted by Crippen LogP contribution is -2.49. The van der Waals surface area contributed by atoms with Gasteiger partial charge in [-0.3, -0.25) is 4.90 Å². The molecule has 104 valence electrons. The molecular formula is C16H24N2O. The van der Waals surface area contributed by atoms with Gasteiger partial charge in [-0.25, -0.2) is 0 Å². The van der Waals surface area contributed by atoms with Crippen molar-refractivity contribution in [3.63, 3.8) is 0 Å². The summed E-state index contributed by atoms with van der Waals surface area (Å²) < 4.78 is 5.63. The van der Waals surface area contributed by atoms with E-state index in [9.17, 15) is 0 Å². The van der Waals surface area contributed by atoms with Crippen LogP contribution in [-0.2, 0) is 4.74 Å². The number of hydrogen-bond acceptors (Lipinski definition) is 3. The second kappa shape index (κ2) is 5.61. The van der Waals surface area contributed by atoms with Crippen LogP contribution in [0.25, 0.3) is 0 Å². The maximum absolute atomic E-state index is 5.63. The van der Waals surface area contributed by atoms with Gasteiger partial charge in [0.2, 0.25) is 0 Å². The Bertz CT molecular complexity index is 400. The van der Waals surface area contributed by atoms with E-state index in [1.165, 1.54) is 18.5 Å². The molecule has 0 spiro atoms. The third kappa shape index (κ3) is 2.83. The minimum Gasteiger partial charge on any atom is -0.379 e. The molecule has 2 aliphatic heterocycles. The summed E-state index contributed by atoms with van der Waals surface area (Å²) >= 11 is 0. The van der Waals surface area contributed by atoms with Crippen molar-refractivity contribution in [2.45, 2.75) is 31.3 Å². The first-order valence-electron chi connectivity index (χ1n) is 7.39. The third-order valence-corrected chi connectivity index (χ3v) is 4.56. The van der Waals surface area contributed by atoms with E-state index in [1.807, 2.05) is 0 Å². The lowest BCUT2D eigenvalue weighted by Gasteiger charge is -2.38.